The molecule has 0 aromatic heterocycles. The molecule has 1 aromatic carbocycles. The van der Waals surface area contributed by atoms with Crippen molar-refractivity contribution in [3.8, 4) is 0 Å². The summed E-state index contributed by atoms with van der Waals surface area (Å²) in [5, 5.41) is 6.57. The highest BCUT2D eigenvalue weighted by Crippen LogP contribution is 2.19. The summed E-state index contributed by atoms with van der Waals surface area (Å²) in [5.74, 6) is 0.516. The van der Waals surface area contributed by atoms with E-state index in [2.05, 4.69) is 40.4 Å². The number of aryl methyl sites for hydroxylation is 1. The minimum atomic E-state index is 0. The van der Waals surface area contributed by atoms with Gasteiger partial charge in [0.2, 0.25) is 0 Å². The molecule has 0 saturated carbocycles. The van der Waals surface area contributed by atoms with Crippen LogP contribution in [0.4, 0.5) is 0 Å². The molecule has 3 nitrogen and oxygen atoms in total. The zero-order valence-electron chi connectivity index (χ0n) is 12.1. The van der Waals surface area contributed by atoms with Crippen LogP contribution < -0.4 is 10.6 Å². The van der Waals surface area contributed by atoms with Crippen molar-refractivity contribution in [3.63, 3.8) is 0 Å². The third-order valence-electron chi connectivity index (χ3n) is 3.95. The molecule has 1 fully saturated rings. The molecular formula is C15H22BrClN2O. The standard InChI is InChI=1S/C15H21BrN2O.ClH/c1-9-4-5-12(8-13(9)16)15(19)18-14-10(2)6-7-17-11(14)3;/h4-5,8,10-11,14,17H,6-7H2,1-3H3,(H,18,19);1H. The Morgan fingerprint density at radius 3 is 2.70 bits per heavy atom. The molecular weight excluding hydrogens is 340 g/mol. The number of benzene rings is 1. The number of piperidine rings is 1. The van der Waals surface area contributed by atoms with Crippen molar-refractivity contribution >= 4 is 34.2 Å². The predicted octanol–water partition coefficient (Wildman–Crippen LogP) is 3.30. The van der Waals surface area contributed by atoms with Gasteiger partial charge in [0.1, 0.15) is 0 Å². The second-order valence-corrected chi connectivity index (χ2v) is 6.33. The predicted molar refractivity (Wildman–Crippen MR) is 88.6 cm³/mol. The maximum absolute atomic E-state index is 12.3. The Bertz CT molecular complexity index is 471. The molecule has 3 unspecified atom stereocenters. The number of carbonyl (C=O) groups is 1. The number of hydrogen-bond acceptors (Lipinski definition) is 2. The van der Waals surface area contributed by atoms with Gasteiger partial charge in [0.15, 0.2) is 0 Å². The molecule has 1 aliphatic heterocycles. The first kappa shape index (κ1) is 17.5. The van der Waals surface area contributed by atoms with Gasteiger partial charge in [-0.25, -0.2) is 0 Å². The molecule has 1 aliphatic rings. The molecule has 0 radical (unpaired) electrons. The minimum absolute atomic E-state index is 0. The van der Waals surface area contributed by atoms with Gasteiger partial charge in [0, 0.05) is 22.1 Å². The molecule has 20 heavy (non-hydrogen) atoms. The quantitative estimate of drug-likeness (QED) is 0.848. The van der Waals surface area contributed by atoms with Crippen LogP contribution in [0.3, 0.4) is 0 Å². The van der Waals surface area contributed by atoms with E-state index in [0.717, 1.165) is 23.0 Å². The third-order valence-corrected chi connectivity index (χ3v) is 4.80. The molecule has 0 aliphatic carbocycles. The SMILES string of the molecule is Cc1ccc(C(=O)NC2C(C)CCNC2C)cc1Br.Cl. The second-order valence-electron chi connectivity index (χ2n) is 5.47. The van der Waals surface area contributed by atoms with Gasteiger partial charge in [-0.2, -0.15) is 0 Å². The summed E-state index contributed by atoms with van der Waals surface area (Å²) in [5.41, 5.74) is 1.85. The Labute approximate surface area is 135 Å². The van der Waals surface area contributed by atoms with Crippen LogP contribution in [-0.2, 0) is 0 Å². The Hall–Kier alpha value is -0.580. The summed E-state index contributed by atoms with van der Waals surface area (Å²) < 4.78 is 0.975. The number of halogens is 2. The zero-order chi connectivity index (χ0) is 14.0. The Morgan fingerprint density at radius 1 is 1.40 bits per heavy atom. The number of hydrogen-bond donors (Lipinski definition) is 2. The van der Waals surface area contributed by atoms with E-state index in [0.29, 0.717) is 17.5 Å². The van der Waals surface area contributed by atoms with Gasteiger partial charge in [-0.3, -0.25) is 4.79 Å². The smallest absolute Gasteiger partial charge is 0.251 e. The fraction of sp³-hybridized carbons (Fsp3) is 0.533. The summed E-state index contributed by atoms with van der Waals surface area (Å²) in [7, 11) is 0. The van der Waals surface area contributed by atoms with Gasteiger partial charge < -0.3 is 10.6 Å². The van der Waals surface area contributed by atoms with Crippen molar-refractivity contribution in [2.24, 2.45) is 5.92 Å². The van der Waals surface area contributed by atoms with E-state index >= 15 is 0 Å². The Balaban J connectivity index is 0.00000200. The summed E-state index contributed by atoms with van der Waals surface area (Å²) in [6, 6.07) is 6.24. The molecule has 112 valence electrons. The van der Waals surface area contributed by atoms with Crippen LogP contribution in [0.2, 0.25) is 0 Å². The van der Waals surface area contributed by atoms with Gasteiger partial charge in [0.25, 0.3) is 5.91 Å². The van der Waals surface area contributed by atoms with E-state index in [4.69, 9.17) is 0 Å². The second kappa shape index (κ2) is 7.43. The fourth-order valence-electron chi connectivity index (χ4n) is 2.57. The average Bonchev–Trinajstić information content (AvgIpc) is 2.37. The van der Waals surface area contributed by atoms with E-state index in [9.17, 15) is 4.79 Å². The van der Waals surface area contributed by atoms with E-state index in [1.807, 2.05) is 25.1 Å². The van der Waals surface area contributed by atoms with E-state index in [-0.39, 0.29) is 24.4 Å². The lowest BCUT2D eigenvalue weighted by Gasteiger charge is -2.36. The Morgan fingerprint density at radius 2 is 2.10 bits per heavy atom. The monoisotopic (exact) mass is 360 g/mol. The lowest BCUT2D eigenvalue weighted by atomic mass is 9.89. The number of amides is 1. The maximum atomic E-state index is 12.3. The normalized spacial score (nSPS) is 25.7. The zero-order valence-corrected chi connectivity index (χ0v) is 14.5. The van der Waals surface area contributed by atoms with Crippen LogP contribution in [0.1, 0.15) is 36.2 Å². The average molecular weight is 362 g/mol. The van der Waals surface area contributed by atoms with Crippen LogP contribution in [0, 0.1) is 12.8 Å². The van der Waals surface area contributed by atoms with Crippen molar-refractivity contribution in [2.45, 2.75) is 39.3 Å². The number of carbonyl (C=O) groups excluding carboxylic acids is 1. The first-order chi connectivity index (χ1) is 8.99. The molecule has 1 heterocycles. The minimum Gasteiger partial charge on any atom is -0.347 e. The lowest BCUT2D eigenvalue weighted by Crippen LogP contribution is -2.55. The van der Waals surface area contributed by atoms with E-state index in [1.165, 1.54) is 0 Å². The highest BCUT2D eigenvalue weighted by Gasteiger charge is 2.28. The van der Waals surface area contributed by atoms with Gasteiger partial charge >= 0.3 is 0 Å². The van der Waals surface area contributed by atoms with E-state index < -0.39 is 0 Å². The van der Waals surface area contributed by atoms with Crippen molar-refractivity contribution in [1.82, 2.24) is 10.6 Å². The first-order valence-corrected chi connectivity index (χ1v) is 7.58. The highest BCUT2D eigenvalue weighted by atomic mass is 79.9. The molecule has 5 heteroatoms. The molecule has 3 atom stereocenters. The fourth-order valence-corrected chi connectivity index (χ4v) is 2.95. The van der Waals surface area contributed by atoms with Gasteiger partial charge in [0.05, 0.1) is 0 Å². The lowest BCUT2D eigenvalue weighted by molar-refractivity contribution is 0.0897. The van der Waals surface area contributed by atoms with Crippen LogP contribution >= 0.6 is 28.3 Å². The third kappa shape index (κ3) is 3.96. The van der Waals surface area contributed by atoms with Crippen molar-refractivity contribution < 1.29 is 4.79 Å². The van der Waals surface area contributed by atoms with Crippen molar-refractivity contribution in [2.75, 3.05) is 6.54 Å². The summed E-state index contributed by atoms with van der Waals surface area (Å²) in [6.07, 6.45) is 1.10. The topological polar surface area (TPSA) is 41.1 Å². The number of nitrogens with one attached hydrogen (secondary N) is 2. The molecule has 0 spiro atoms. The van der Waals surface area contributed by atoms with Crippen LogP contribution in [0.25, 0.3) is 0 Å². The summed E-state index contributed by atoms with van der Waals surface area (Å²) >= 11 is 3.47. The Kier molecular flexibility index (Phi) is 6.49. The maximum Gasteiger partial charge on any atom is 0.251 e. The van der Waals surface area contributed by atoms with Gasteiger partial charge in [-0.15, -0.1) is 12.4 Å². The molecule has 1 aromatic rings. The highest BCUT2D eigenvalue weighted by molar-refractivity contribution is 9.10. The summed E-state index contributed by atoms with van der Waals surface area (Å²) in [6.45, 7) is 7.38. The van der Waals surface area contributed by atoms with Crippen molar-refractivity contribution in [3.05, 3.63) is 33.8 Å². The molecule has 0 bridgehead atoms. The molecule has 2 rings (SSSR count). The first-order valence-electron chi connectivity index (χ1n) is 6.79. The van der Waals surface area contributed by atoms with Crippen LogP contribution in [-0.4, -0.2) is 24.5 Å². The molecule has 1 saturated heterocycles. The van der Waals surface area contributed by atoms with E-state index in [1.54, 1.807) is 0 Å². The van der Waals surface area contributed by atoms with Crippen LogP contribution in [0.15, 0.2) is 22.7 Å². The molecule has 2 N–H and O–H groups in total. The summed E-state index contributed by atoms with van der Waals surface area (Å²) in [4.78, 5) is 12.3. The van der Waals surface area contributed by atoms with Gasteiger partial charge in [-0.1, -0.05) is 28.9 Å². The largest absolute Gasteiger partial charge is 0.347 e. The van der Waals surface area contributed by atoms with Gasteiger partial charge in [-0.05, 0) is 50.4 Å². The van der Waals surface area contributed by atoms with Crippen LogP contribution in [0.5, 0.6) is 0 Å². The molecule has 1 amide bonds. The number of rotatable bonds is 2. The van der Waals surface area contributed by atoms with Crippen molar-refractivity contribution in [1.29, 1.82) is 0 Å².